The van der Waals surface area contributed by atoms with Crippen LogP contribution in [0.4, 0.5) is 0 Å². The molecule has 0 atom stereocenters. The maximum atomic E-state index is 2.34. The van der Waals surface area contributed by atoms with E-state index in [1.54, 1.807) is 0 Å². The first-order valence-corrected chi connectivity index (χ1v) is 4.21. The molecule has 0 aromatic carbocycles. The molecular weight excluding hydrogens is 122 g/mol. The minimum absolute atomic E-state index is 0.698. The van der Waals surface area contributed by atoms with Gasteiger partial charge in [-0.15, -0.1) is 0 Å². The Hall–Kier alpha value is -0.0400. The number of rotatable bonds is 3. The van der Waals surface area contributed by atoms with Gasteiger partial charge in [0.25, 0.3) is 0 Å². The SMILES string of the molecule is CC(C)C1(CN(C)C)CC1. The molecular formula is C9H19N. The van der Waals surface area contributed by atoms with E-state index < -0.39 is 0 Å². The molecule has 0 aliphatic heterocycles. The van der Waals surface area contributed by atoms with Crippen LogP contribution in [-0.4, -0.2) is 25.5 Å². The largest absolute Gasteiger partial charge is 0.309 e. The minimum Gasteiger partial charge on any atom is -0.309 e. The third-order valence-electron chi connectivity index (χ3n) is 2.75. The van der Waals surface area contributed by atoms with Gasteiger partial charge in [-0.1, -0.05) is 13.8 Å². The maximum absolute atomic E-state index is 2.34. The quantitative estimate of drug-likeness (QED) is 0.581. The predicted molar refractivity (Wildman–Crippen MR) is 45.1 cm³/mol. The van der Waals surface area contributed by atoms with E-state index in [9.17, 15) is 0 Å². The van der Waals surface area contributed by atoms with Gasteiger partial charge in [0.1, 0.15) is 0 Å². The van der Waals surface area contributed by atoms with E-state index in [1.807, 2.05) is 0 Å². The standard InChI is InChI=1S/C9H19N/c1-8(2)9(5-6-9)7-10(3)4/h8H,5-7H2,1-4H3. The molecule has 0 aromatic heterocycles. The summed E-state index contributed by atoms with van der Waals surface area (Å²) in [5.74, 6) is 0.870. The summed E-state index contributed by atoms with van der Waals surface area (Å²) in [6.45, 7) is 5.97. The van der Waals surface area contributed by atoms with Crippen LogP contribution in [0.1, 0.15) is 26.7 Å². The van der Waals surface area contributed by atoms with Crippen molar-refractivity contribution in [1.29, 1.82) is 0 Å². The van der Waals surface area contributed by atoms with Gasteiger partial charge in [0.05, 0.1) is 0 Å². The molecule has 1 saturated carbocycles. The first-order valence-electron chi connectivity index (χ1n) is 4.21. The number of hydrogen-bond acceptors (Lipinski definition) is 1. The van der Waals surface area contributed by atoms with E-state index in [4.69, 9.17) is 0 Å². The smallest absolute Gasteiger partial charge is 0.00343 e. The Kier molecular flexibility index (Phi) is 2.04. The molecule has 0 saturated heterocycles. The highest BCUT2D eigenvalue weighted by molar-refractivity contribution is 4.96. The molecule has 60 valence electrons. The molecule has 0 bridgehead atoms. The lowest BCUT2D eigenvalue weighted by Crippen LogP contribution is -2.26. The van der Waals surface area contributed by atoms with Gasteiger partial charge in [0, 0.05) is 6.54 Å². The molecule has 1 aliphatic carbocycles. The monoisotopic (exact) mass is 141 g/mol. The number of hydrogen-bond donors (Lipinski definition) is 0. The van der Waals surface area contributed by atoms with E-state index >= 15 is 0 Å². The van der Waals surface area contributed by atoms with Crippen molar-refractivity contribution < 1.29 is 0 Å². The van der Waals surface area contributed by atoms with Crippen molar-refractivity contribution in [1.82, 2.24) is 4.90 Å². The van der Waals surface area contributed by atoms with Crippen molar-refractivity contribution in [2.75, 3.05) is 20.6 Å². The predicted octanol–water partition coefficient (Wildman–Crippen LogP) is 1.98. The van der Waals surface area contributed by atoms with Gasteiger partial charge in [-0.2, -0.15) is 0 Å². The van der Waals surface area contributed by atoms with E-state index in [-0.39, 0.29) is 0 Å². The minimum atomic E-state index is 0.698. The summed E-state index contributed by atoms with van der Waals surface area (Å²) in [5.41, 5.74) is 0.698. The highest BCUT2D eigenvalue weighted by atomic mass is 15.1. The van der Waals surface area contributed by atoms with Crippen LogP contribution in [0.2, 0.25) is 0 Å². The Morgan fingerprint density at radius 3 is 1.90 bits per heavy atom. The van der Waals surface area contributed by atoms with Crippen LogP contribution in [0.15, 0.2) is 0 Å². The van der Waals surface area contributed by atoms with E-state index in [2.05, 4.69) is 32.8 Å². The lowest BCUT2D eigenvalue weighted by molar-refractivity contribution is 0.248. The van der Waals surface area contributed by atoms with Gasteiger partial charge in [0.2, 0.25) is 0 Å². The average molecular weight is 141 g/mol. The fourth-order valence-corrected chi connectivity index (χ4v) is 1.71. The summed E-state index contributed by atoms with van der Waals surface area (Å²) < 4.78 is 0. The fraction of sp³-hybridized carbons (Fsp3) is 1.00. The van der Waals surface area contributed by atoms with Gasteiger partial charge in [-0.3, -0.25) is 0 Å². The molecule has 1 heteroatoms. The van der Waals surface area contributed by atoms with Crippen LogP contribution in [0, 0.1) is 11.3 Å². The molecule has 1 aliphatic rings. The zero-order valence-corrected chi connectivity index (χ0v) is 7.65. The van der Waals surface area contributed by atoms with Crippen LogP contribution < -0.4 is 0 Å². The lowest BCUT2D eigenvalue weighted by Gasteiger charge is -2.23. The first-order chi connectivity index (χ1) is 4.57. The fourth-order valence-electron chi connectivity index (χ4n) is 1.71. The Labute approximate surface area is 64.4 Å². The van der Waals surface area contributed by atoms with Crippen molar-refractivity contribution >= 4 is 0 Å². The summed E-state index contributed by atoms with van der Waals surface area (Å²) in [5, 5.41) is 0. The van der Waals surface area contributed by atoms with Crippen molar-refractivity contribution in [2.45, 2.75) is 26.7 Å². The molecule has 0 unspecified atom stereocenters. The van der Waals surface area contributed by atoms with Crippen molar-refractivity contribution in [3.63, 3.8) is 0 Å². The van der Waals surface area contributed by atoms with Crippen LogP contribution in [0.25, 0.3) is 0 Å². The lowest BCUT2D eigenvalue weighted by atomic mass is 9.92. The van der Waals surface area contributed by atoms with Crippen molar-refractivity contribution in [2.24, 2.45) is 11.3 Å². The Balaban J connectivity index is 2.38. The van der Waals surface area contributed by atoms with E-state index in [0.717, 1.165) is 5.92 Å². The molecule has 10 heavy (non-hydrogen) atoms. The second kappa shape index (κ2) is 2.54. The second-order valence-electron chi connectivity index (χ2n) is 4.25. The summed E-state index contributed by atoms with van der Waals surface area (Å²) in [4.78, 5) is 2.31. The van der Waals surface area contributed by atoms with Crippen LogP contribution in [0.5, 0.6) is 0 Å². The summed E-state index contributed by atoms with van der Waals surface area (Å²) >= 11 is 0. The normalized spacial score (nSPS) is 22.2. The highest BCUT2D eigenvalue weighted by Gasteiger charge is 2.45. The third-order valence-corrected chi connectivity index (χ3v) is 2.75. The molecule has 0 N–H and O–H groups in total. The molecule has 0 amide bonds. The highest BCUT2D eigenvalue weighted by Crippen LogP contribution is 2.51. The Morgan fingerprint density at radius 2 is 1.80 bits per heavy atom. The van der Waals surface area contributed by atoms with E-state index in [1.165, 1.54) is 19.4 Å². The molecule has 0 radical (unpaired) electrons. The summed E-state index contributed by atoms with van der Waals surface area (Å²) in [6.07, 6.45) is 2.89. The zero-order valence-electron chi connectivity index (χ0n) is 7.65. The Morgan fingerprint density at radius 1 is 1.30 bits per heavy atom. The summed E-state index contributed by atoms with van der Waals surface area (Å²) in [6, 6.07) is 0. The second-order valence-corrected chi connectivity index (χ2v) is 4.25. The first kappa shape index (κ1) is 8.06. The van der Waals surface area contributed by atoms with Gasteiger partial charge < -0.3 is 4.90 Å². The van der Waals surface area contributed by atoms with Gasteiger partial charge in [-0.05, 0) is 38.3 Å². The molecule has 1 rings (SSSR count). The molecule has 1 fully saturated rings. The van der Waals surface area contributed by atoms with Crippen LogP contribution >= 0.6 is 0 Å². The average Bonchev–Trinajstić information content (AvgIpc) is 2.46. The Bertz CT molecular complexity index is 112. The number of nitrogens with zero attached hydrogens (tertiary/aromatic N) is 1. The van der Waals surface area contributed by atoms with E-state index in [0.29, 0.717) is 5.41 Å². The van der Waals surface area contributed by atoms with Gasteiger partial charge in [-0.25, -0.2) is 0 Å². The van der Waals surface area contributed by atoms with Gasteiger partial charge >= 0.3 is 0 Å². The van der Waals surface area contributed by atoms with Crippen LogP contribution in [-0.2, 0) is 0 Å². The molecule has 0 aromatic rings. The maximum Gasteiger partial charge on any atom is 0.00343 e. The van der Waals surface area contributed by atoms with Crippen molar-refractivity contribution in [3.05, 3.63) is 0 Å². The molecule has 0 spiro atoms. The van der Waals surface area contributed by atoms with Crippen LogP contribution in [0.3, 0.4) is 0 Å². The summed E-state index contributed by atoms with van der Waals surface area (Å²) in [7, 11) is 4.34. The third kappa shape index (κ3) is 1.51. The van der Waals surface area contributed by atoms with Gasteiger partial charge in [0.15, 0.2) is 0 Å². The molecule has 0 heterocycles. The topological polar surface area (TPSA) is 3.24 Å². The molecule has 1 nitrogen and oxygen atoms in total. The zero-order chi connectivity index (χ0) is 7.78. The van der Waals surface area contributed by atoms with Crippen molar-refractivity contribution in [3.8, 4) is 0 Å².